The van der Waals surface area contributed by atoms with Crippen LogP contribution in [0.2, 0.25) is 0 Å². The van der Waals surface area contributed by atoms with Crippen LogP contribution in [0.5, 0.6) is 5.75 Å². The van der Waals surface area contributed by atoms with Crippen molar-refractivity contribution in [1.82, 2.24) is 15.3 Å². The van der Waals surface area contributed by atoms with E-state index < -0.39 is 11.7 Å². The summed E-state index contributed by atoms with van der Waals surface area (Å²) in [6.45, 7) is 3.81. The molecule has 112 valence electrons. The Morgan fingerprint density at radius 3 is 2.81 bits per heavy atom. The van der Waals surface area contributed by atoms with Gasteiger partial charge in [0.25, 0.3) is 5.91 Å². The van der Waals surface area contributed by atoms with Crippen LogP contribution in [0.4, 0.5) is 4.39 Å². The molecular weight excluding hydrogens is 273 g/mol. The summed E-state index contributed by atoms with van der Waals surface area (Å²) in [5.74, 6) is -0.0524. The first-order valence-corrected chi connectivity index (χ1v) is 6.71. The van der Waals surface area contributed by atoms with E-state index in [-0.39, 0.29) is 11.6 Å². The smallest absolute Gasteiger partial charge is 0.254 e. The average molecular weight is 291 g/mol. The molecule has 0 bridgehead atoms. The number of imidazole rings is 1. The standard InChI is InChI=1S/C15H18FN3O2/c1-4-13(14-17-8-9(2)18-14)19-15(20)11-6-5-10(21-3)7-12(11)16/h5-8,13H,4H2,1-3H3,(H,17,18)(H,19,20). The van der Waals surface area contributed by atoms with Crippen molar-refractivity contribution in [3.63, 3.8) is 0 Å². The van der Waals surface area contributed by atoms with Crippen LogP contribution in [-0.2, 0) is 0 Å². The second-order valence-electron chi connectivity index (χ2n) is 4.73. The minimum Gasteiger partial charge on any atom is -0.497 e. The van der Waals surface area contributed by atoms with E-state index in [1.165, 1.54) is 19.2 Å². The molecule has 0 aliphatic rings. The van der Waals surface area contributed by atoms with Crippen LogP contribution in [0.1, 0.15) is 41.3 Å². The zero-order valence-corrected chi connectivity index (χ0v) is 12.2. The summed E-state index contributed by atoms with van der Waals surface area (Å²) in [6.07, 6.45) is 2.34. The highest BCUT2D eigenvalue weighted by Crippen LogP contribution is 2.18. The molecule has 0 spiro atoms. The number of hydrogen-bond donors (Lipinski definition) is 2. The first kappa shape index (κ1) is 15.0. The number of rotatable bonds is 5. The van der Waals surface area contributed by atoms with Crippen LogP contribution in [0.3, 0.4) is 0 Å². The molecule has 0 fully saturated rings. The van der Waals surface area contributed by atoms with Crippen molar-refractivity contribution in [2.75, 3.05) is 7.11 Å². The Balaban J connectivity index is 2.16. The number of methoxy groups -OCH3 is 1. The van der Waals surface area contributed by atoms with E-state index in [2.05, 4.69) is 15.3 Å². The van der Waals surface area contributed by atoms with E-state index in [4.69, 9.17) is 4.74 Å². The summed E-state index contributed by atoms with van der Waals surface area (Å²) in [5.41, 5.74) is 0.894. The van der Waals surface area contributed by atoms with Gasteiger partial charge in [-0.15, -0.1) is 0 Å². The molecular formula is C15H18FN3O2. The summed E-state index contributed by atoms with van der Waals surface area (Å²) < 4.78 is 18.8. The third-order valence-electron chi connectivity index (χ3n) is 3.19. The summed E-state index contributed by atoms with van der Waals surface area (Å²) in [7, 11) is 1.45. The van der Waals surface area contributed by atoms with Crippen molar-refractivity contribution >= 4 is 5.91 Å². The number of ether oxygens (including phenoxy) is 1. The molecule has 0 radical (unpaired) electrons. The molecule has 0 saturated heterocycles. The van der Waals surface area contributed by atoms with Crippen LogP contribution >= 0.6 is 0 Å². The Morgan fingerprint density at radius 1 is 1.52 bits per heavy atom. The fourth-order valence-electron chi connectivity index (χ4n) is 2.02. The molecule has 1 heterocycles. The zero-order chi connectivity index (χ0) is 15.4. The highest BCUT2D eigenvalue weighted by atomic mass is 19.1. The first-order valence-electron chi connectivity index (χ1n) is 6.71. The number of halogens is 1. The highest BCUT2D eigenvalue weighted by molar-refractivity contribution is 5.94. The first-order chi connectivity index (χ1) is 10.0. The van der Waals surface area contributed by atoms with Gasteiger partial charge in [0, 0.05) is 18.0 Å². The van der Waals surface area contributed by atoms with Crippen molar-refractivity contribution < 1.29 is 13.9 Å². The third-order valence-corrected chi connectivity index (χ3v) is 3.19. The van der Waals surface area contributed by atoms with Crippen LogP contribution in [-0.4, -0.2) is 23.0 Å². The number of aromatic nitrogens is 2. The summed E-state index contributed by atoms with van der Waals surface area (Å²) in [4.78, 5) is 19.5. The zero-order valence-electron chi connectivity index (χ0n) is 12.2. The van der Waals surface area contributed by atoms with Gasteiger partial charge in [0.2, 0.25) is 0 Å². The maximum Gasteiger partial charge on any atom is 0.254 e. The Kier molecular flexibility index (Phi) is 4.57. The van der Waals surface area contributed by atoms with Crippen LogP contribution in [0.25, 0.3) is 0 Å². The Hall–Kier alpha value is -2.37. The molecule has 0 aliphatic carbocycles. The molecule has 2 rings (SSSR count). The van der Waals surface area contributed by atoms with Crippen molar-refractivity contribution in [1.29, 1.82) is 0 Å². The van der Waals surface area contributed by atoms with Crippen LogP contribution < -0.4 is 10.1 Å². The minimum absolute atomic E-state index is 0.0162. The number of H-pyrrole nitrogens is 1. The molecule has 1 atom stereocenters. The predicted molar refractivity (Wildman–Crippen MR) is 76.8 cm³/mol. The number of carbonyl (C=O) groups excluding carboxylic acids is 1. The molecule has 1 amide bonds. The molecule has 21 heavy (non-hydrogen) atoms. The van der Waals surface area contributed by atoms with Crippen molar-refractivity contribution in [3.8, 4) is 5.75 Å². The van der Waals surface area contributed by atoms with E-state index in [0.29, 0.717) is 18.0 Å². The Labute approximate surface area is 122 Å². The summed E-state index contributed by atoms with van der Waals surface area (Å²) in [5, 5.41) is 2.78. The van der Waals surface area contributed by atoms with Gasteiger partial charge in [-0.05, 0) is 25.5 Å². The number of amides is 1. The fourth-order valence-corrected chi connectivity index (χ4v) is 2.02. The van der Waals surface area contributed by atoms with E-state index in [1.807, 2.05) is 13.8 Å². The number of aromatic amines is 1. The van der Waals surface area contributed by atoms with Gasteiger partial charge in [-0.1, -0.05) is 6.92 Å². The fraction of sp³-hybridized carbons (Fsp3) is 0.333. The van der Waals surface area contributed by atoms with Gasteiger partial charge >= 0.3 is 0 Å². The maximum atomic E-state index is 13.9. The predicted octanol–water partition coefficient (Wildman–Crippen LogP) is 2.75. The van der Waals surface area contributed by atoms with Gasteiger partial charge in [0.05, 0.1) is 18.7 Å². The highest BCUT2D eigenvalue weighted by Gasteiger charge is 2.19. The molecule has 2 N–H and O–H groups in total. The van der Waals surface area contributed by atoms with Gasteiger partial charge < -0.3 is 15.0 Å². The quantitative estimate of drug-likeness (QED) is 0.890. The molecule has 5 nitrogen and oxygen atoms in total. The SMILES string of the molecule is CCC(NC(=O)c1ccc(OC)cc1F)c1ncc(C)[nH]1. The van der Waals surface area contributed by atoms with E-state index >= 15 is 0 Å². The van der Waals surface area contributed by atoms with E-state index in [1.54, 1.807) is 12.3 Å². The van der Waals surface area contributed by atoms with Crippen LogP contribution in [0, 0.1) is 12.7 Å². The minimum atomic E-state index is -0.614. The average Bonchev–Trinajstić information content (AvgIpc) is 2.90. The van der Waals surface area contributed by atoms with Crippen molar-refractivity contribution in [2.24, 2.45) is 0 Å². The van der Waals surface area contributed by atoms with E-state index in [0.717, 1.165) is 5.69 Å². The summed E-state index contributed by atoms with van der Waals surface area (Å²) in [6, 6.07) is 3.86. The van der Waals surface area contributed by atoms with Gasteiger partial charge in [0.15, 0.2) is 0 Å². The number of carbonyl (C=O) groups is 1. The maximum absolute atomic E-state index is 13.9. The van der Waals surface area contributed by atoms with Crippen molar-refractivity contribution in [3.05, 3.63) is 47.3 Å². The second kappa shape index (κ2) is 6.39. The lowest BCUT2D eigenvalue weighted by Gasteiger charge is -2.15. The number of nitrogens with zero attached hydrogens (tertiary/aromatic N) is 1. The molecule has 6 heteroatoms. The normalized spacial score (nSPS) is 12.0. The Bertz CT molecular complexity index is 640. The van der Waals surface area contributed by atoms with Gasteiger partial charge in [-0.3, -0.25) is 4.79 Å². The van der Waals surface area contributed by atoms with Gasteiger partial charge in [-0.25, -0.2) is 9.37 Å². The topological polar surface area (TPSA) is 67.0 Å². The largest absolute Gasteiger partial charge is 0.497 e. The van der Waals surface area contributed by atoms with E-state index in [9.17, 15) is 9.18 Å². The van der Waals surface area contributed by atoms with Gasteiger partial charge in [0.1, 0.15) is 17.4 Å². The molecule has 1 aromatic carbocycles. The lowest BCUT2D eigenvalue weighted by atomic mass is 10.1. The lowest BCUT2D eigenvalue weighted by Crippen LogP contribution is -2.29. The van der Waals surface area contributed by atoms with Crippen LogP contribution in [0.15, 0.2) is 24.4 Å². The summed E-state index contributed by atoms with van der Waals surface area (Å²) >= 11 is 0. The van der Waals surface area contributed by atoms with Crippen molar-refractivity contribution in [2.45, 2.75) is 26.3 Å². The Morgan fingerprint density at radius 2 is 2.29 bits per heavy atom. The molecule has 0 saturated carbocycles. The molecule has 2 aromatic rings. The lowest BCUT2D eigenvalue weighted by molar-refractivity contribution is 0.0929. The molecule has 0 aliphatic heterocycles. The number of hydrogen-bond acceptors (Lipinski definition) is 3. The monoisotopic (exact) mass is 291 g/mol. The second-order valence-corrected chi connectivity index (χ2v) is 4.73. The van der Waals surface area contributed by atoms with Gasteiger partial charge in [-0.2, -0.15) is 0 Å². The molecule has 1 aromatic heterocycles. The number of aryl methyl sites for hydroxylation is 1. The molecule has 1 unspecified atom stereocenters. The third kappa shape index (κ3) is 3.39. The number of benzene rings is 1. The number of nitrogens with one attached hydrogen (secondary N) is 2.